The van der Waals surface area contributed by atoms with Crippen LogP contribution in [0.15, 0.2) is 24.3 Å². The highest BCUT2D eigenvalue weighted by atomic mass is 16.5. The largest absolute Gasteiger partial charge is 0.494 e. The standard InChI is InChI=1S/C15H19NO/c1-3-12-9-15(10-12,11-16)13-5-7-14(8-6-13)17-4-2/h5-8,12H,3-4,9-10H2,1-2H3. The molecule has 0 atom stereocenters. The Morgan fingerprint density at radius 3 is 2.41 bits per heavy atom. The predicted octanol–water partition coefficient (Wildman–Crippen LogP) is 3.67. The molecule has 0 N–H and O–H groups in total. The van der Waals surface area contributed by atoms with Crippen LogP contribution in [0.25, 0.3) is 0 Å². The van der Waals surface area contributed by atoms with Gasteiger partial charge in [-0.2, -0.15) is 5.26 Å². The van der Waals surface area contributed by atoms with Crippen LogP contribution in [-0.4, -0.2) is 6.61 Å². The summed E-state index contributed by atoms with van der Waals surface area (Å²) in [5.74, 6) is 1.61. The minimum absolute atomic E-state index is 0.231. The lowest BCUT2D eigenvalue weighted by molar-refractivity contribution is 0.192. The number of nitriles is 1. The first kappa shape index (κ1) is 12.0. The second-order valence-electron chi connectivity index (χ2n) is 4.83. The quantitative estimate of drug-likeness (QED) is 0.789. The van der Waals surface area contributed by atoms with Gasteiger partial charge in [-0.3, -0.25) is 0 Å². The first-order valence-electron chi connectivity index (χ1n) is 6.38. The molecule has 2 rings (SSSR count). The zero-order valence-corrected chi connectivity index (χ0v) is 10.6. The van der Waals surface area contributed by atoms with Crippen molar-refractivity contribution in [3.63, 3.8) is 0 Å². The van der Waals surface area contributed by atoms with Gasteiger partial charge in [-0.25, -0.2) is 0 Å². The molecular weight excluding hydrogens is 210 g/mol. The number of nitrogens with zero attached hydrogens (tertiary/aromatic N) is 1. The van der Waals surface area contributed by atoms with E-state index in [1.807, 2.05) is 31.2 Å². The van der Waals surface area contributed by atoms with E-state index in [9.17, 15) is 5.26 Å². The van der Waals surface area contributed by atoms with Crippen molar-refractivity contribution in [3.8, 4) is 11.8 Å². The van der Waals surface area contributed by atoms with E-state index < -0.39 is 0 Å². The van der Waals surface area contributed by atoms with Crippen LogP contribution >= 0.6 is 0 Å². The van der Waals surface area contributed by atoms with Gasteiger partial charge < -0.3 is 4.74 Å². The maximum Gasteiger partial charge on any atom is 0.119 e. The van der Waals surface area contributed by atoms with Crippen molar-refractivity contribution < 1.29 is 4.74 Å². The van der Waals surface area contributed by atoms with Crippen LogP contribution < -0.4 is 4.74 Å². The highest BCUT2D eigenvalue weighted by Crippen LogP contribution is 2.48. The van der Waals surface area contributed by atoms with Gasteiger partial charge in [0.05, 0.1) is 18.1 Å². The summed E-state index contributed by atoms with van der Waals surface area (Å²) >= 11 is 0. The molecule has 0 heterocycles. The molecule has 0 aliphatic heterocycles. The topological polar surface area (TPSA) is 33.0 Å². The molecule has 1 aromatic carbocycles. The molecule has 0 aromatic heterocycles. The number of hydrogen-bond acceptors (Lipinski definition) is 2. The van der Waals surface area contributed by atoms with Gasteiger partial charge in [-0.1, -0.05) is 25.5 Å². The third-order valence-corrected chi connectivity index (χ3v) is 3.78. The first-order chi connectivity index (χ1) is 8.24. The lowest BCUT2D eigenvalue weighted by atomic mass is 9.59. The molecule has 1 saturated carbocycles. The van der Waals surface area contributed by atoms with Crippen molar-refractivity contribution in [1.29, 1.82) is 5.26 Å². The fraction of sp³-hybridized carbons (Fsp3) is 0.533. The van der Waals surface area contributed by atoms with Gasteiger partial charge in [0.2, 0.25) is 0 Å². The van der Waals surface area contributed by atoms with Crippen LogP contribution in [0.1, 0.15) is 38.7 Å². The van der Waals surface area contributed by atoms with Gasteiger partial charge in [-0.05, 0) is 43.4 Å². The first-order valence-corrected chi connectivity index (χ1v) is 6.38. The van der Waals surface area contributed by atoms with Crippen LogP contribution in [0.4, 0.5) is 0 Å². The summed E-state index contributed by atoms with van der Waals surface area (Å²) in [6.45, 7) is 4.85. The van der Waals surface area contributed by atoms with E-state index in [-0.39, 0.29) is 5.41 Å². The monoisotopic (exact) mass is 229 g/mol. The molecule has 0 spiro atoms. The van der Waals surface area contributed by atoms with Crippen LogP contribution in [0, 0.1) is 17.2 Å². The summed E-state index contributed by atoms with van der Waals surface area (Å²) in [4.78, 5) is 0. The summed E-state index contributed by atoms with van der Waals surface area (Å²) in [6.07, 6.45) is 3.20. The van der Waals surface area contributed by atoms with Crippen LogP contribution in [0.5, 0.6) is 5.75 Å². The molecule has 1 fully saturated rings. The predicted molar refractivity (Wildman–Crippen MR) is 67.9 cm³/mol. The summed E-state index contributed by atoms with van der Waals surface area (Å²) in [5, 5.41) is 9.39. The van der Waals surface area contributed by atoms with E-state index in [4.69, 9.17) is 4.74 Å². The Kier molecular flexibility index (Phi) is 3.38. The fourth-order valence-corrected chi connectivity index (χ4v) is 2.64. The van der Waals surface area contributed by atoms with Crippen molar-refractivity contribution in [2.24, 2.45) is 5.92 Å². The molecule has 1 aromatic rings. The highest BCUT2D eigenvalue weighted by molar-refractivity contribution is 5.39. The van der Waals surface area contributed by atoms with E-state index in [1.165, 1.54) is 6.42 Å². The van der Waals surface area contributed by atoms with E-state index >= 15 is 0 Å². The van der Waals surface area contributed by atoms with E-state index in [2.05, 4.69) is 13.0 Å². The Morgan fingerprint density at radius 2 is 1.94 bits per heavy atom. The van der Waals surface area contributed by atoms with Gasteiger partial charge in [0, 0.05) is 0 Å². The summed E-state index contributed by atoms with van der Waals surface area (Å²) in [5.41, 5.74) is 0.916. The Hall–Kier alpha value is -1.49. The van der Waals surface area contributed by atoms with E-state index in [1.54, 1.807) is 0 Å². The van der Waals surface area contributed by atoms with Crippen molar-refractivity contribution >= 4 is 0 Å². The molecule has 0 radical (unpaired) electrons. The molecule has 1 aliphatic carbocycles. The van der Waals surface area contributed by atoms with Crippen LogP contribution in [0.3, 0.4) is 0 Å². The second-order valence-corrected chi connectivity index (χ2v) is 4.83. The van der Waals surface area contributed by atoms with E-state index in [0.717, 1.165) is 30.1 Å². The normalized spacial score (nSPS) is 27.0. The molecule has 0 saturated heterocycles. The average molecular weight is 229 g/mol. The summed E-state index contributed by atoms with van der Waals surface area (Å²) < 4.78 is 5.42. The maximum absolute atomic E-state index is 9.39. The minimum Gasteiger partial charge on any atom is -0.494 e. The van der Waals surface area contributed by atoms with Gasteiger partial charge in [0.25, 0.3) is 0 Å². The number of rotatable bonds is 4. The van der Waals surface area contributed by atoms with Gasteiger partial charge in [-0.15, -0.1) is 0 Å². The highest BCUT2D eigenvalue weighted by Gasteiger charge is 2.44. The zero-order chi connectivity index (χ0) is 12.3. The maximum atomic E-state index is 9.39. The Balaban J connectivity index is 2.14. The van der Waals surface area contributed by atoms with Crippen molar-refractivity contribution in [1.82, 2.24) is 0 Å². The zero-order valence-electron chi connectivity index (χ0n) is 10.6. The molecule has 0 amide bonds. The Labute approximate surface area is 103 Å². The minimum atomic E-state index is -0.231. The third kappa shape index (κ3) is 2.15. The summed E-state index contributed by atoms with van der Waals surface area (Å²) in [7, 11) is 0. The van der Waals surface area contributed by atoms with Crippen LogP contribution in [-0.2, 0) is 5.41 Å². The molecule has 1 aliphatic rings. The molecule has 17 heavy (non-hydrogen) atoms. The smallest absolute Gasteiger partial charge is 0.119 e. The fourth-order valence-electron chi connectivity index (χ4n) is 2.64. The lowest BCUT2D eigenvalue weighted by Gasteiger charge is -2.42. The van der Waals surface area contributed by atoms with E-state index in [0.29, 0.717) is 6.61 Å². The van der Waals surface area contributed by atoms with Crippen molar-refractivity contribution in [2.75, 3.05) is 6.61 Å². The second kappa shape index (κ2) is 4.79. The molecule has 2 heteroatoms. The molecular formula is C15H19NO. The average Bonchev–Trinajstić information content (AvgIpc) is 2.31. The number of ether oxygens (including phenoxy) is 1. The number of hydrogen-bond donors (Lipinski definition) is 0. The molecule has 90 valence electrons. The molecule has 0 bridgehead atoms. The van der Waals surface area contributed by atoms with Gasteiger partial charge in [0.15, 0.2) is 0 Å². The molecule has 2 nitrogen and oxygen atoms in total. The number of benzene rings is 1. The summed E-state index contributed by atoms with van der Waals surface area (Å²) in [6, 6.07) is 10.5. The SMILES string of the molecule is CCOc1ccc(C2(C#N)CC(CC)C2)cc1. The molecule has 0 unspecified atom stereocenters. The van der Waals surface area contributed by atoms with Gasteiger partial charge in [0.1, 0.15) is 5.75 Å². The van der Waals surface area contributed by atoms with Crippen LogP contribution in [0.2, 0.25) is 0 Å². The Morgan fingerprint density at radius 1 is 1.29 bits per heavy atom. The van der Waals surface area contributed by atoms with Gasteiger partial charge >= 0.3 is 0 Å². The third-order valence-electron chi connectivity index (χ3n) is 3.78. The van der Waals surface area contributed by atoms with Crippen molar-refractivity contribution in [2.45, 2.75) is 38.5 Å². The lowest BCUT2D eigenvalue weighted by Crippen LogP contribution is -2.39. The van der Waals surface area contributed by atoms with Crippen molar-refractivity contribution in [3.05, 3.63) is 29.8 Å². The Bertz CT molecular complexity index is 410.